The fraction of sp³-hybridized carbons (Fsp3) is 1.00. The number of hydrogen-bond acceptors (Lipinski definition) is 4. The number of hydroxylamine groups is 2. The molecule has 216 valence electrons. The lowest BCUT2D eigenvalue weighted by Crippen LogP contribution is -2.60. The Bertz CT molecular complexity index is 556. The average Bonchev–Trinajstić information content (AvgIpc) is 2.80. The zero-order valence-corrected chi connectivity index (χ0v) is 25.8. The first-order valence-electron chi connectivity index (χ1n) is 15.3. The zero-order valence-electron chi connectivity index (χ0n) is 24.9. The Morgan fingerprint density at radius 2 is 1.03 bits per heavy atom. The first-order valence-corrected chi connectivity index (χ1v) is 17.0. The van der Waals surface area contributed by atoms with Crippen molar-refractivity contribution in [3.8, 4) is 0 Å². The van der Waals surface area contributed by atoms with E-state index in [1.165, 1.54) is 95.0 Å². The van der Waals surface area contributed by atoms with Gasteiger partial charge in [-0.2, -0.15) is 5.06 Å². The summed E-state index contributed by atoms with van der Waals surface area (Å²) in [6.07, 6.45) is 21.2. The molecule has 1 aliphatic heterocycles. The van der Waals surface area contributed by atoms with Gasteiger partial charge in [-0.3, -0.25) is 4.57 Å². The molecule has 0 aliphatic carbocycles. The van der Waals surface area contributed by atoms with Crippen LogP contribution in [0.1, 0.15) is 157 Å². The van der Waals surface area contributed by atoms with Crippen molar-refractivity contribution in [2.24, 2.45) is 0 Å². The van der Waals surface area contributed by atoms with Gasteiger partial charge in [0.2, 0.25) is 0 Å². The molecular formula is C29H62N3O3P. The minimum absolute atomic E-state index is 0.165. The van der Waals surface area contributed by atoms with Crippen molar-refractivity contribution in [2.75, 3.05) is 13.1 Å². The predicted molar refractivity (Wildman–Crippen MR) is 155 cm³/mol. The van der Waals surface area contributed by atoms with Crippen molar-refractivity contribution >= 4 is 7.67 Å². The molecular weight excluding hydrogens is 469 g/mol. The molecule has 36 heavy (non-hydrogen) atoms. The van der Waals surface area contributed by atoms with Gasteiger partial charge in [0.1, 0.15) is 0 Å². The lowest BCUT2D eigenvalue weighted by molar-refractivity contribution is -0.255. The summed E-state index contributed by atoms with van der Waals surface area (Å²) < 4.78 is 20.2. The molecule has 0 unspecified atom stereocenters. The lowest BCUT2D eigenvalue weighted by atomic mass is 9.80. The minimum Gasteiger partial charge on any atom is -0.313 e. The van der Waals surface area contributed by atoms with Crippen molar-refractivity contribution < 1.29 is 14.3 Å². The molecule has 1 saturated heterocycles. The molecule has 1 fully saturated rings. The van der Waals surface area contributed by atoms with Crippen LogP contribution in [-0.4, -0.2) is 40.5 Å². The highest BCUT2D eigenvalue weighted by Crippen LogP contribution is 2.46. The summed E-state index contributed by atoms with van der Waals surface area (Å²) in [5, 5.41) is 18.7. The zero-order chi connectivity index (χ0) is 26.9. The molecule has 0 aromatic heterocycles. The van der Waals surface area contributed by atoms with Gasteiger partial charge in [-0.15, -0.1) is 0 Å². The molecule has 0 bridgehead atoms. The van der Waals surface area contributed by atoms with E-state index in [2.05, 4.69) is 24.0 Å². The van der Waals surface area contributed by atoms with E-state index in [1.807, 2.05) is 27.7 Å². The van der Waals surface area contributed by atoms with Crippen molar-refractivity contribution in [3.05, 3.63) is 0 Å². The van der Waals surface area contributed by atoms with Crippen LogP contribution in [-0.2, 0) is 9.09 Å². The Kier molecular flexibility index (Phi) is 17.4. The molecule has 0 aromatic carbocycles. The van der Waals surface area contributed by atoms with Crippen LogP contribution < -0.4 is 10.2 Å². The highest BCUT2D eigenvalue weighted by atomic mass is 31.2. The van der Waals surface area contributed by atoms with Gasteiger partial charge in [0.05, 0.1) is 6.10 Å². The summed E-state index contributed by atoms with van der Waals surface area (Å²) in [5.74, 6) is 0. The number of unbranched alkanes of at least 4 members (excludes halogenated alkanes) is 14. The average molecular weight is 532 g/mol. The topological polar surface area (TPSA) is 73.8 Å². The van der Waals surface area contributed by atoms with Gasteiger partial charge in [-0.1, -0.05) is 104 Å². The quantitative estimate of drug-likeness (QED) is 0.0956. The number of hydrogen-bond donors (Lipinski definition) is 3. The van der Waals surface area contributed by atoms with Gasteiger partial charge in [0.25, 0.3) is 0 Å². The molecule has 0 radical (unpaired) electrons. The summed E-state index contributed by atoms with van der Waals surface area (Å²) in [6.45, 7) is 14.0. The Hall–Kier alpha value is 0.0300. The van der Waals surface area contributed by atoms with Crippen LogP contribution >= 0.6 is 7.67 Å². The Balaban J connectivity index is 2.52. The molecule has 6 nitrogen and oxygen atoms in total. The van der Waals surface area contributed by atoms with E-state index in [9.17, 15) is 9.77 Å². The Morgan fingerprint density at radius 3 is 1.39 bits per heavy atom. The smallest absolute Gasteiger partial charge is 0.313 e. The second-order valence-corrected chi connectivity index (χ2v) is 14.3. The fourth-order valence-corrected chi connectivity index (χ4v) is 7.30. The van der Waals surface area contributed by atoms with E-state index < -0.39 is 18.7 Å². The maximum atomic E-state index is 13.9. The van der Waals surface area contributed by atoms with E-state index in [4.69, 9.17) is 4.52 Å². The van der Waals surface area contributed by atoms with Crippen LogP contribution in [0.5, 0.6) is 0 Å². The summed E-state index contributed by atoms with van der Waals surface area (Å²) >= 11 is 0. The molecule has 0 saturated carbocycles. The third-order valence-electron chi connectivity index (χ3n) is 7.60. The molecule has 0 spiro atoms. The highest BCUT2D eigenvalue weighted by Gasteiger charge is 2.47. The predicted octanol–water partition coefficient (Wildman–Crippen LogP) is 8.98. The standard InChI is InChI=1S/C29H62N3O3P/c1-7-9-11-13-15-17-19-21-23-30-36(34,31-24-22-20-18-16-14-12-10-8-2)35-27-25-28(3,4)32(33)29(5,6)26-27/h27,33H,7-26H2,1-6H3,(H2,30,31,34). The first kappa shape index (κ1) is 34.1. The molecule has 0 atom stereocenters. The van der Waals surface area contributed by atoms with E-state index in [1.54, 1.807) is 0 Å². The van der Waals surface area contributed by atoms with E-state index in [-0.39, 0.29) is 6.10 Å². The maximum absolute atomic E-state index is 13.9. The Morgan fingerprint density at radius 1 is 0.694 bits per heavy atom. The van der Waals surface area contributed by atoms with Gasteiger partial charge in [0.15, 0.2) is 0 Å². The van der Waals surface area contributed by atoms with Crippen molar-refractivity contribution in [2.45, 2.75) is 174 Å². The number of nitrogens with zero attached hydrogens (tertiary/aromatic N) is 1. The van der Waals surface area contributed by atoms with Crippen LogP contribution in [0.4, 0.5) is 0 Å². The Labute approximate surface area is 224 Å². The second-order valence-electron chi connectivity index (χ2n) is 12.4. The number of rotatable bonds is 22. The van der Waals surface area contributed by atoms with E-state index in [0.717, 1.165) is 12.8 Å². The molecule has 0 amide bonds. The highest BCUT2D eigenvalue weighted by molar-refractivity contribution is 7.54. The van der Waals surface area contributed by atoms with Crippen molar-refractivity contribution in [3.63, 3.8) is 0 Å². The summed E-state index contributed by atoms with van der Waals surface area (Å²) in [5.41, 5.74) is -0.848. The van der Waals surface area contributed by atoms with Crippen LogP contribution in [0.25, 0.3) is 0 Å². The van der Waals surface area contributed by atoms with Gasteiger partial charge in [-0.25, -0.2) is 10.2 Å². The maximum Gasteiger partial charge on any atom is 0.341 e. The van der Waals surface area contributed by atoms with Gasteiger partial charge >= 0.3 is 7.67 Å². The molecule has 7 heteroatoms. The first-order chi connectivity index (χ1) is 17.1. The third-order valence-corrected chi connectivity index (χ3v) is 9.47. The molecule has 0 aromatic rings. The second kappa shape index (κ2) is 18.3. The van der Waals surface area contributed by atoms with Crippen LogP contribution in [0.15, 0.2) is 0 Å². The lowest BCUT2D eigenvalue weighted by Gasteiger charge is -2.51. The minimum atomic E-state index is -3.16. The van der Waals surface area contributed by atoms with Gasteiger partial charge < -0.3 is 9.73 Å². The summed E-state index contributed by atoms with van der Waals surface area (Å²) in [6, 6.07) is 0. The summed E-state index contributed by atoms with van der Waals surface area (Å²) in [4.78, 5) is 0. The largest absolute Gasteiger partial charge is 0.341 e. The van der Waals surface area contributed by atoms with Crippen LogP contribution in [0.2, 0.25) is 0 Å². The van der Waals surface area contributed by atoms with Gasteiger partial charge in [0, 0.05) is 24.2 Å². The van der Waals surface area contributed by atoms with Gasteiger partial charge in [-0.05, 0) is 53.4 Å². The molecule has 1 rings (SSSR count). The van der Waals surface area contributed by atoms with Crippen LogP contribution in [0.3, 0.4) is 0 Å². The van der Waals surface area contributed by atoms with E-state index in [0.29, 0.717) is 25.9 Å². The molecule has 1 heterocycles. The van der Waals surface area contributed by atoms with Crippen molar-refractivity contribution in [1.82, 2.24) is 15.2 Å². The molecule has 3 N–H and O–H groups in total. The van der Waals surface area contributed by atoms with Crippen LogP contribution in [0, 0.1) is 0 Å². The van der Waals surface area contributed by atoms with Crippen molar-refractivity contribution in [1.29, 1.82) is 0 Å². The monoisotopic (exact) mass is 531 g/mol. The SMILES string of the molecule is CCCCCCCCCCNP(=O)(NCCCCCCCCCC)OC1CC(C)(C)N(O)C(C)(C)C1. The number of piperidine rings is 1. The number of nitrogens with one attached hydrogen (secondary N) is 2. The fourth-order valence-electron chi connectivity index (χ4n) is 5.56. The summed E-state index contributed by atoms with van der Waals surface area (Å²) in [7, 11) is -3.16. The third kappa shape index (κ3) is 14.3. The van der Waals surface area contributed by atoms with E-state index >= 15 is 0 Å². The normalized spacial score (nSPS) is 18.6. The molecule has 1 aliphatic rings.